The van der Waals surface area contributed by atoms with Gasteiger partial charge in [-0.25, -0.2) is 9.97 Å². The predicted octanol–water partition coefficient (Wildman–Crippen LogP) is 2.24. The number of hydrogen-bond donors (Lipinski definition) is 0. The minimum Gasteiger partial charge on any atom is -0.456 e. The first-order valence-electron chi connectivity index (χ1n) is 4.77. The van der Waals surface area contributed by atoms with Gasteiger partial charge in [0.1, 0.15) is 17.6 Å². The average Bonchev–Trinajstić information content (AvgIpc) is 2.44. The first kappa shape index (κ1) is 10.4. The molecule has 15 heavy (non-hydrogen) atoms. The normalized spacial score (nSPS) is 23.7. The van der Waals surface area contributed by atoms with E-state index in [4.69, 9.17) is 16.3 Å². The first-order valence-corrected chi connectivity index (χ1v) is 5.15. The third kappa shape index (κ3) is 1.81. The van der Waals surface area contributed by atoms with Gasteiger partial charge in [0.2, 0.25) is 0 Å². The molecular formula is C10H11ClN2O2. The summed E-state index contributed by atoms with van der Waals surface area (Å²) in [4.78, 5) is 19.0. The van der Waals surface area contributed by atoms with E-state index in [2.05, 4.69) is 9.97 Å². The fourth-order valence-electron chi connectivity index (χ4n) is 1.95. The van der Waals surface area contributed by atoms with E-state index in [0.717, 1.165) is 17.7 Å². The Morgan fingerprint density at radius 3 is 3.00 bits per heavy atom. The van der Waals surface area contributed by atoms with Gasteiger partial charge in [0.25, 0.3) is 0 Å². The third-order valence-electron chi connectivity index (χ3n) is 2.54. The van der Waals surface area contributed by atoms with Crippen LogP contribution in [0.3, 0.4) is 0 Å². The Bertz CT molecular complexity index is 408. The standard InChI is InChI=1S/C10H11ClN2O2/c1-5-3-7(15-6(2)14)9-8(5)10(11)13-4-12-9/h4-5,7H,3H2,1-2H3/t5-,7?/m1/s1. The topological polar surface area (TPSA) is 52.1 Å². The molecule has 1 unspecified atom stereocenters. The number of aromatic nitrogens is 2. The van der Waals surface area contributed by atoms with E-state index in [9.17, 15) is 4.79 Å². The molecule has 1 aliphatic rings. The van der Waals surface area contributed by atoms with Crippen molar-refractivity contribution in [2.75, 3.05) is 0 Å². The smallest absolute Gasteiger partial charge is 0.303 e. The third-order valence-corrected chi connectivity index (χ3v) is 2.84. The summed E-state index contributed by atoms with van der Waals surface area (Å²) in [6, 6.07) is 0. The molecule has 0 fully saturated rings. The molecule has 1 aromatic rings. The van der Waals surface area contributed by atoms with Crippen molar-refractivity contribution in [1.29, 1.82) is 0 Å². The van der Waals surface area contributed by atoms with Gasteiger partial charge < -0.3 is 4.74 Å². The molecule has 1 heterocycles. The predicted molar refractivity (Wildman–Crippen MR) is 54.6 cm³/mol. The van der Waals surface area contributed by atoms with Crippen molar-refractivity contribution in [2.24, 2.45) is 0 Å². The van der Waals surface area contributed by atoms with Crippen LogP contribution in [0.15, 0.2) is 6.33 Å². The number of hydrogen-bond acceptors (Lipinski definition) is 4. The largest absolute Gasteiger partial charge is 0.456 e. The molecule has 2 rings (SSSR count). The molecule has 0 N–H and O–H groups in total. The van der Waals surface area contributed by atoms with E-state index in [1.165, 1.54) is 13.3 Å². The highest BCUT2D eigenvalue weighted by molar-refractivity contribution is 6.30. The minimum absolute atomic E-state index is 0.234. The molecular weight excluding hydrogens is 216 g/mol. The maximum absolute atomic E-state index is 10.9. The molecule has 0 saturated carbocycles. The Hall–Kier alpha value is -1.16. The lowest BCUT2D eigenvalue weighted by Gasteiger charge is -2.10. The zero-order chi connectivity index (χ0) is 11.0. The quantitative estimate of drug-likeness (QED) is 0.544. The molecule has 0 aliphatic heterocycles. The highest BCUT2D eigenvalue weighted by Gasteiger charge is 2.34. The van der Waals surface area contributed by atoms with Gasteiger partial charge in [-0.1, -0.05) is 18.5 Å². The van der Waals surface area contributed by atoms with Crippen LogP contribution in [0.25, 0.3) is 0 Å². The van der Waals surface area contributed by atoms with Gasteiger partial charge in [0.05, 0.1) is 5.69 Å². The summed E-state index contributed by atoms with van der Waals surface area (Å²) in [7, 11) is 0. The molecule has 0 saturated heterocycles. The molecule has 0 radical (unpaired) electrons. The molecule has 0 amide bonds. The fourth-order valence-corrected chi connectivity index (χ4v) is 2.28. The van der Waals surface area contributed by atoms with Crippen LogP contribution in [-0.2, 0) is 9.53 Å². The van der Waals surface area contributed by atoms with Crippen molar-refractivity contribution in [2.45, 2.75) is 32.3 Å². The van der Waals surface area contributed by atoms with Crippen molar-refractivity contribution in [3.05, 3.63) is 22.7 Å². The summed E-state index contributed by atoms with van der Waals surface area (Å²) >= 11 is 5.97. The Balaban J connectivity index is 2.38. The monoisotopic (exact) mass is 226 g/mol. The highest BCUT2D eigenvalue weighted by atomic mass is 35.5. The molecule has 80 valence electrons. The minimum atomic E-state index is -0.296. The van der Waals surface area contributed by atoms with Gasteiger partial charge in [0.15, 0.2) is 0 Å². The summed E-state index contributed by atoms with van der Waals surface area (Å²) in [5.41, 5.74) is 1.66. The molecule has 2 atom stereocenters. The van der Waals surface area contributed by atoms with E-state index >= 15 is 0 Å². The Morgan fingerprint density at radius 2 is 2.33 bits per heavy atom. The van der Waals surface area contributed by atoms with Crippen LogP contribution < -0.4 is 0 Å². The Labute approximate surface area is 92.6 Å². The number of carbonyl (C=O) groups is 1. The molecule has 4 nitrogen and oxygen atoms in total. The van der Waals surface area contributed by atoms with Crippen molar-refractivity contribution in [3.8, 4) is 0 Å². The summed E-state index contributed by atoms with van der Waals surface area (Å²) in [5.74, 6) is -0.0622. The highest BCUT2D eigenvalue weighted by Crippen LogP contribution is 2.43. The van der Waals surface area contributed by atoms with Crippen LogP contribution in [0.5, 0.6) is 0 Å². The number of nitrogens with zero attached hydrogens (tertiary/aromatic N) is 2. The van der Waals surface area contributed by atoms with E-state index in [1.807, 2.05) is 6.92 Å². The lowest BCUT2D eigenvalue weighted by Crippen LogP contribution is -2.06. The molecule has 0 spiro atoms. The van der Waals surface area contributed by atoms with Crippen molar-refractivity contribution >= 4 is 17.6 Å². The average molecular weight is 227 g/mol. The van der Waals surface area contributed by atoms with Gasteiger partial charge in [-0.05, 0) is 12.3 Å². The Morgan fingerprint density at radius 1 is 1.60 bits per heavy atom. The second-order valence-electron chi connectivity index (χ2n) is 3.70. The van der Waals surface area contributed by atoms with E-state index in [-0.39, 0.29) is 18.0 Å². The maximum atomic E-state index is 10.9. The molecule has 0 bridgehead atoms. The fraction of sp³-hybridized carbons (Fsp3) is 0.500. The van der Waals surface area contributed by atoms with Gasteiger partial charge in [-0.2, -0.15) is 0 Å². The second kappa shape index (κ2) is 3.77. The van der Waals surface area contributed by atoms with Crippen LogP contribution in [0.2, 0.25) is 5.15 Å². The zero-order valence-electron chi connectivity index (χ0n) is 8.53. The van der Waals surface area contributed by atoms with Crippen molar-refractivity contribution in [3.63, 3.8) is 0 Å². The van der Waals surface area contributed by atoms with Crippen LogP contribution in [0.1, 0.15) is 43.5 Å². The summed E-state index contributed by atoms with van der Waals surface area (Å²) in [5, 5.41) is 0.460. The van der Waals surface area contributed by atoms with Crippen LogP contribution >= 0.6 is 11.6 Å². The second-order valence-corrected chi connectivity index (χ2v) is 4.06. The summed E-state index contributed by atoms with van der Waals surface area (Å²) in [6.07, 6.45) is 1.86. The van der Waals surface area contributed by atoms with E-state index in [0.29, 0.717) is 5.15 Å². The molecule has 1 aromatic heterocycles. The Kier molecular flexibility index (Phi) is 2.61. The lowest BCUT2D eigenvalue weighted by molar-refractivity contribution is -0.146. The lowest BCUT2D eigenvalue weighted by atomic mass is 10.1. The van der Waals surface area contributed by atoms with Crippen LogP contribution in [0, 0.1) is 0 Å². The molecule has 1 aliphatic carbocycles. The van der Waals surface area contributed by atoms with Crippen LogP contribution in [-0.4, -0.2) is 15.9 Å². The van der Waals surface area contributed by atoms with Gasteiger partial charge in [0, 0.05) is 12.5 Å². The molecule has 0 aromatic carbocycles. The SMILES string of the molecule is CC(=O)OC1C[C@@H](C)c2c(Cl)ncnc21. The first-order chi connectivity index (χ1) is 7.09. The van der Waals surface area contributed by atoms with Gasteiger partial charge >= 0.3 is 5.97 Å². The van der Waals surface area contributed by atoms with Gasteiger partial charge in [-0.15, -0.1) is 0 Å². The van der Waals surface area contributed by atoms with Gasteiger partial charge in [-0.3, -0.25) is 4.79 Å². The maximum Gasteiger partial charge on any atom is 0.303 e. The van der Waals surface area contributed by atoms with Crippen molar-refractivity contribution in [1.82, 2.24) is 9.97 Å². The summed E-state index contributed by atoms with van der Waals surface area (Å²) < 4.78 is 5.18. The number of carbonyl (C=O) groups excluding carboxylic acids is 1. The van der Waals surface area contributed by atoms with Crippen LogP contribution in [0.4, 0.5) is 0 Å². The number of rotatable bonds is 1. The number of esters is 1. The summed E-state index contributed by atoms with van der Waals surface area (Å²) in [6.45, 7) is 3.42. The molecule has 5 heteroatoms. The number of ether oxygens (including phenoxy) is 1. The zero-order valence-corrected chi connectivity index (χ0v) is 9.28. The van der Waals surface area contributed by atoms with E-state index in [1.54, 1.807) is 0 Å². The van der Waals surface area contributed by atoms with Crippen molar-refractivity contribution < 1.29 is 9.53 Å². The number of halogens is 1. The van der Waals surface area contributed by atoms with E-state index < -0.39 is 0 Å². The number of fused-ring (bicyclic) bond motifs is 1.